The maximum Gasteiger partial charge on any atom is 0.124 e. The standard InChI is InChI=1S/C14H13NO/c15-14-11-6-2-1-5-10(11)9-16-13-8-4-3-7-12(13)14/h1-8,14H,9,15H2/t14-/m0/s1. The molecule has 80 valence electrons. The molecule has 0 fully saturated rings. The van der Waals surface area contributed by atoms with Crippen LogP contribution in [0.1, 0.15) is 22.7 Å². The third-order valence-electron chi connectivity index (χ3n) is 3.03. The molecule has 0 spiro atoms. The van der Waals surface area contributed by atoms with Crippen LogP contribution in [0.25, 0.3) is 0 Å². The largest absolute Gasteiger partial charge is 0.489 e. The molecule has 2 heteroatoms. The van der Waals surface area contributed by atoms with Crippen LogP contribution in [0.2, 0.25) is 0 Å². The van der Waals surface area contributed by atoms with Crippen molar-refractivity contribution in [3.05, 3.63) is 65.2 Å². The van der Waals surface area contributed by atoms with Crippen molar-refractivity contribution in [2.45, 2.75) is 12.6 Å². The van der Waals surface area contributed by atoms with Gasteiger partial charge in [0.2, 0.25) is 0 Å². The number of hydrogen-bond acceptors (Lipinski definition) is 2. The molecule has 0 saturated carbocycles. The van der Waals surface area contributed by atoms with Crippen molar-refractivity contribution in [3.63, 3.8) is 0 Å². The van der Waals surface area contributed by atoms with Crippen molar-refractivity contribution in [2.75, 3.05) is 0 Å². The summed E-state index contributed by atoms with van der Waals surface area (Å²) in [6.07, 6.45) is 0. The lowest BCUT2D eigenvalue weighted by Gasteiger charge is -2.13. The fourth-order valence-corrected chi connectivity index (χ4v) is 2.16. The molecule has 2 aromatic carbocycles. The first kappa shape index (κ1) is 9.43. The minimum absolute atomic E-state index is 0.0881. The lowest BCUT2D eigenvalue weighted by atomic mass is 9.96. The van der Waals surface area contributed by atoms with Gasteiger partial charge in [-0.15, -0.1) is 0 Å². The second kappa shape index (κ2) is 3.65. The van der Waals surface area contributed by atoms with Crippen molar-refractivity contribution in [1.29, 1.82) is 0 Å². The first-order valence-corrected chi connectivity index (χ1v) is 5.41. The summed E-state index contributed by atoms with van der Waals surface area (Å²) in [6, 6.07) is 16.1. The van der Waals surface area contributed by atoms with E-state index in [1.807, 2.05) is 36.4 Å². The summed E-state index contributed by atoms with van der Waals surface area (Å²) in [5.41, 5.74) is 9.67. The second-order valence-electron chi connectivity index (χ2n) is 4.00. The monoisotopic (exact) mass is 211 g/mol. The molecule has 2 nitrogen and oxygen atoms in total. The molecule has 16 heavy (non-hydrogen) atoms. The Bertz CT molecular complexity index is 474. The molecule has 1 heterocycles. The van der Waals surface area contributed by atoms with Gasteiger partial charge in [-0.3, -0.25) is 0 Å². The molecule has 1 aliphatic rings. The summed E-state index contributed by atoms with van der Waals surface area (Å²) >= 11 is 0. The molecular formula is C14H13NO. The number of benzene rings is 2. The number of rotatable bonds is 0. The highest BCUT2D eigenvalue weighted by Gasteiger charge is 2.20. The predicted octanol–water partition coefficient (Wildman–Crippen LogP) is 2.63. The van der Waals surface area contributed by atoms with E-state index in [0.29, 0.717) is 6.61 Å². The molecule has 0 radical (unpaired) electrons. The minimum atomic E-state index is -0.0881. The van der Waals surface area contributed by atoms with Crippen molar-refractivity contribution in [1.82, 2.24) is 0 Å². The average molecular weight is 211 g/mol. The minimum Gasteiger partial charge on any atom is -0.489 e. The van der Waals surface area contributed by atoms with Crippen LogP contribution in [-0.2, 0) is 6.61 Å². The van der Waals surface area contributed by atoms with Gasteiger partial charge in [0.25, 0.3) is 0 Å². The highest BCUT2D eigenvalue weighted by molar-refractivity contribution is 5.45. The van der Waals surface area contributed by atoms with Crippen LogP contribution >= 0.6 is 0 Å². The number of ether oxygens (including phenoxy) is 1. The third-order valence-corrected chi connectivity index (χ3v) is 3.03. The lowest BCUT2D eigenvalue weighted by Crippen LogP contribution is -2.12. The van der Waals surface area contributed by atoms with E-state index >= 15 is 0 Å². The van der Waals surface area contributed by atoms with Crippen molar-refractivity contribution < 1.29 is 4.74 Å². The van der Waals surface area contributed by atoms with Gasteiger partial charge in [-0.2, -0.15) is 0 Å². The summed E-state index contributed by atoms with van der Waals surface area (Å²) in [4.78, 5) is 0. The van der Waals surface area contributed by atoms with Gasteiger partial charge in [0, 0.05) is 5.56 Å². The third kappa shape index (κ3) is 1.39. The predicted molar refractivity (Wildman–Crippen MR) is 63.2 cm³/mol. The molecular weight excluding hydrogens is 198 g/mol. The molecule has 0 unspecified atom stereocenters. The average Bonchev–Trinajstić information content (AvgIpc) is 2.49. The molecule has 3 rings (SSSR count). The zero-order valence-electron chi connectivity index (χ0n) is 8.89. The Hall–Kier alpha value is -1.80. The molecule has 0 aliphatic carbocycles. The molecule has 2 aromatic rings. The van der Waals surface area contributed by atoms with Gasteiger partial charge in [0.05, 0.1) is 6.04 Å². The summed E-state index contributed by atoms with van der Waals surface area (Å²) in [5.74, 6) is 0.895. The number of fused-ring (bicyclic) bond motifs is 2. The molecule has 1 atom stereocenters. The van der Waals surface area contributed by atoms with Crippen molar-refractivity contribution in [3.8, 4) is 5.75 Å². The highest BCUT2D eigenvalue weighted by atomic mass is 16.5. The van der Waals surface area contributed by atoms with E-state index in [1.165, 1.54) is 5.56 Å². The quantitative estimate of drug-likeness (QED) is 0.727. The summed E-state index contributed by atoms with van der Waals surface area (Å²) in [6.45, 7) is 0.598. The van der Waals surface area contributed by atoms with E-state index in [4.69, 9.17) is 10.5 Å². The first-order valence-electron chi connectivity index (χ1n) is 5.41. The zero-order chi connectivity index (χ0) is 11.0. The van der Waals surface area contributed by atoms with Crippen molar-refractivity contribution in [2.24, 2.45) is 5.73 Å². The number of hydrogen-bond donors (Lipinski definition) is 1. The van der Waals surface area contributed by atoms with Crippen LogP contribution in [-0.4, -0.2) is 0 Å². The van der Waals surface area contributed by atoms with Crippen LogP contribution < -0.4 is 10.5 Å². The molecule has 0 amide bonds. The fraction of sp³-hybridized carbons (Fsp3) is 0.143. The summed E-state index contributed by atoms with van der Waals surface area (Å²) in [5, 5.41) is 0. The zero-order valence-corrected chi connectivity index (χ0v) is 8.89. The van der Waals surface area contributed by atoms with E-state index in [2.05, 4.69) is 12.1 Å². The Kier molecular flexibility index (Phi) is 2.15. The van der Waals surface area contributed by atoms with E-state index in [9.17, 15) is 0 Å². The van der Waals surface area contributed by atoms with Gasteiger partial charge < -0.3 is 10.5 Å². The van der Waals surface area contributed by atoms with Crippen LogP contribution in [0, 0.1) is 0 Å². The van der Waals surface area contributed by atoms with Crippen molar-refractivity contribution >= 4 is 0 Å². The highest BCUT2D eigenvalue weighted by Crippen LogP contribution is 2.33. The van der Waals surface area contributed by atoms with Gasteiger partial charge in [0.15, 0.2) is 0 Å². The first-order chi connectivity index (χ1) is 7.86. The smallest absolute Gasteiger partial charge is 0.124 e. The maximum atomic E-state index is 6.28. The molecule has 1 aliphatic heterocycles. The normalized spacial score (nSPS) is 17.9. The molecule has 2 N–H and O–H groups in total. The van der Waals surface area contributed by atoms with Gasteiger partial charge in [-0.1, -0.05) is 42.5 Å². The van der Waals surface area contributed by atoms with Crippen LogP contribution in [0.4, 0.5) is 0 Å². The number of nitrogens with two attached hydrogens (primary N) is 1. The van der Waals surface area contributed by atoms with E-state index in [1.54, 1.807) is 0 Å². The van der Waals surface area contributed by atoms with E-state index in [-0.39, 0.29) is 6.04 Å². The Morgan fingerprint density at radius 1 is 0.938 bits per heavy atom. The van der Waals surface area contributed by atoms with Gasteiger partial charge in [-0.05, 0) is 17.2 Å². The molecule has 0 bridgehead atoms. The Balaban J connectivity index is 2.18. The van der Waals surface area contributed by atoms with E-state index < -0.39 is 0 Å². The Morgan fingerprint density at radius 3 is 2.50 bits per heavy atom. The van der Waals surface area contributed by atoms with Crippen LogP contribution in [0.15, 0.2) is 48.5 Å². The molecule has 0 saturated heterocycles. The molecule has 0 aromatic heterocycles. The Labute approximate surface area is 94.7 Å². The van der Waals surface area contributed by atoms with Crippen LogP contribution in [0.3, 0.4) is 0 Å². The summed E-state index contributed by atoms with van der Waals surface area (Å²) < 4.78 is 5.77. The summed E-state index contributed by atoms with van der Waals surface area (Å²) in [7, 11) is 0. The maximum absolute atomic E-state index is 6.28. The topological polar surface area (TPSA) is 35.2 Å². The second-order valence-corrected chi connectivity index (χ2v) is 4.00. The lowest BCUT2D eigenvalue weighted by molar-refractivity contribution is 0.307. The Morgan fingerprint density at radius 2 is 1.62 bits per heavy atom. The van der Waals surface area contributed by atoms with Gasteiger partial charge in [-0.25, -0.2) is 0 Å². The SMILES string of the molecule is N[C@H]1c2ccccc2COc2ccccc21. The van der Waals surface area contributed by atoms with Gasteiger partial charge in [0.1, 0.15) is 12.4 Å². The van der Waals surface area contributed by atoms with E-state index in [0.717, 1.165) is 16.9 Å². The number of para-hydroxylation sites is 1. The fourth-order valence-electron chi connectivity index (χ4n) is 2.16. The van der Waals surface area contributed by atoms with Gasteiger partial charge >= 0.3 is 0 Å². The van der Waals surface area contributed by atoms with Crippen LogP contribution in [0.5, 0.6) is 5.75 Å².